The summed E-state index contributed by atoms with van der Waals surface area (Å²) in [6.07, 6.45) is 2.43. The molecule has 84 valence electrons. The van der Waals surface area contributed by atoms with E-state index in [9.17, 15) is 8.78 Å². The van der Waals surface area contributed by atoms with Crippen LogP contribution in [0.15, 0.2) is 0 Å². The van der Waals surface area contributed by atoms with Crippen LogP contribution >= 0.6 is 11.8 Å². The van der Waals surface area contributed by atoms with Gasteiger partial charge in [-0.1, -0.05) is 6.92 Å². The Balaban J connectivity index is 3.44. The zero-order valence-electron chi connectivity index (χ0n) is 9.58. The van der Waals surface area contributed by atoms with Gasteiger partial charge >= 0.3 is 0 Å². The second kappa shape index (κ2) is 4.97. The van der Waals surface area contributed by atoms with Gasteiger partial charge in [-0.05, 0) is 43.2 Å². The van der Waals surface area contributed by atoms with Crippen molar-refractivity contribution in [2.45, 2.75) is 32.9 Å². The molecular formula is C12H16F2S. The van der Waals surface area contributed by atoms with Crippen LogP contribution in [0, 0.1) is 25.5 Å². The topological polar surface area (TPSA) is 0 Å². The number of halogens is 2. The predicted octanol–water partition coefficient (Wildman–Crippen LogP) is 4.01. The molecule has 0 unspecified atom stereocenters. The van der Waals surface area contributed by atoms with Crippen molar-refractivity contribution in [1.29, 1.82) is 0 Å². The number of hydrogen-bond donors (Lipinski definition) is 0. The molecule has 0 bridgehead atoms. The van der Waals surface area contributed by atoms with Crippen LogP contribution in [0.2, 0.25) is 0 Å². The van der Waals surface area contributed by atoms with Crippen molar-refractivity contribution >= 4 is 11.8 Å². The molecule has 0 aliphatic carbocycles. The number of rotatable bonds is 3. The third kappa shape index (κ3) is 2.17. The summed E-state index contributed by atoms with van der Waals surface area (Å²) in [7, 11) is 0. The summed E-state index contributed by atoms with van der Waals surface area (Å²) in [5.41, 5.74) is 1.94. The van der Waals surface area contributed by atoms with Gasteiger partial charge in [0.25, 0.3) is 0 Å². The molecular weight excluding hydrogens is 214 g/mol. The van der Waals surface area contributed by atoms with Gasteiger partial charge in [0, 0.05) is 11.3 Å². The minimum absolute atomic E-state index is 0.236. The first-order chi connectivity index (χ1) is 7.04. The van der Waals surface area contributed by atoms with E-state index in [2.05, 4.69) is 0 Å². The van der Waals surface area contributed by atoms with E-state index in [1.54, 1.807) is 13.8 Å². The Hall–Kier alpha value is -0.570. The maximum Gasteiger partial charge on any atom is 0.130 e. The van der Waals surface area contributed by atoms with E-state index in [4.69, 9.17) is 0 Å². The zero-order valence-corrected chi connectivity index (χ0v) is 10.4. The lowest BCUT2D eigenvalue weighted by atomic mass is 9.97. The molecule has 3 heteroatoms. The normalized spacial score (nSPS) is 10.8. The molecule has 15 heavy (non-hydrogen) atoms. The minimum Gasteiger partial charge on any atom is -0.206 e. The van der Waals surface area contributed by atoms with Crippen molar-refractivity contribution in [1.82, 2.24) is 0 Å². The van der Waals surface area contributed by atoms with Crippen molar-refractivity contribution in [3.63, 3.8) is 0 Å². The average molecular weight is 230 g/mol. The Kier molecular flexibility index (Phi) is 4.14. The molecule has 0 saturated carbocycles. The SMILES string of the molecule is CCc1c(C)c(F)c(CSC)c(C)c1F. The molecule has 1 aromatic rings. The second-order valence-electron chi connectivity index (χ2n) is 3.62. The van der Waals surface area contributed by atoms with Crippen molar-refractivity contribution in [2.24, 2.45) is 0 Å². The highest BCUT2D eigenvalue weighted by molar-refractivity contribution is 7.97. The molecule has 0 N–H and O–H groups in total. The van der Waals surface area contributed by atoms with Crippen LogP contribution in [-0.4, -0.2) is 6.26 Å². The van der Waals surface area contributed by atoms with E-state index in [0.717, 1.165) is 0 Å². The van der Waals surface area contributed by atoms with Gasteiger partial charge in [0.15, 0.2) is 0 Å². The fraction of sp³-hybridized carbons (Fsp3) is 0.500. The largest absolute Gasteiger partial charge is 0.206 e. The van der Waals surface area contributed by atoms with Gasteiger partial charge in [0.05, 0.1) is 0 Å². The van der Waals surface area contributed by atoms with E-state index < -0.39 is 0 Å². The van der Waals surface area contributed by atoms with Crippen LogP contribution in [0.1, 0.15) is 29.2 Å². The minimum atomic E-state index is -0.236. The van der Waals surface area contributed by atoms with Crippen molar-refractivity contribution in [2.75, 3.05) is 6.26 Å². The fourth-order valence-corrected chi connectivity index (χ4v) is 2.42. The van der Waals surface area contributed by atoms with Crippen LogP contribution in [0.5, 0.6) is 0 Å². The van der Waals surface area contributed by atoms with Gasteiger partial charge in [0.1, 0.15) is 11.6 Å². The quantitative estimate of drug-likeness (QED) is 0.756. The Morgan fingerprint density at radius 2 is 1.47 bits per heavy atom. The molecule has 0 amide bonds. The van der Waals surface area contributed by atoms with Gasteiger partial charge in [-0.2, -0.15) is 11.8 Å². The summed E-state index contributed by atoms with van der Waals surface area (Å²) in [5.74, 6) is 0.0555. The van der Waals surface area contributed by atoms with Crippen molar-refractivity contribution < 1.29 is 8.78 Å². The summed E-state index contributed by atoms with van der Waals surface area (Å²) < 4.78 is 27.7. The first-order valence-corrected chi connectivity index (χ1v) is 6.38. The van der Waals surface area contributed by atoms with Gasteiger partial charge in [0.2, 0.25) is 0 Å². The van der Waals surface area contributed by atoms with E-state index in [0.29, 0.717) is 34.4 Å². The van der Waals surface area contributed by atoms with E-state index in [-0.39, 0.29) is 11.6 Å². The molecule has 0 aliphatic heterocycles. The molecule has 0 aromatic heterocycles. The predicted molar refractivity (Wildman–Crippen MR) is 62.4 cm³/mol. The highest BCUT2D eigenvalue weighted by atomic mass is 32.2. The molecule has 1 rings (SSSR count). The van der Waals surface area contributed by atoms with Crippen LogP contribution in [0.25, 0.3) is 0 Å². The smallest absolute Gasteiger partial charge is 0.130 e. The highest BCUT2D eigenvalue weighted by Gasteiger charge is 2.17. The Labute approximate surface area is 94.1 Å². The maximum absolute atomic E-state index is 13.9. The highest BCUT2D eigenvalue weighted by Crippen LogP contribution is 2.27. The van der Waals surface area contributed by atoms with E-state index in [1.165, 1.54) is 11.8 Å². The summed E-state index contributed by atoms with van der Waals surface area (Å²) in [5, 5.41) is 0. The van der Waals surface area contributed by atoms with Crippen molar-refractivity contribution in [3.8, 4) is 0 Å². The first-order valence-electron chi connectivity index (χ1n) is 4.99. The molecule has 0 atom stereocenters. The zero-order chi connectivity index (χ0) is 11.6. The van der Waals surface area contributed by atoms with Crippen LogP contribution in [0.4, 0.5) is 8.78 Å². The fourth-order valence-electron chi connectivity index (χ4n) is 1.78. The first kappa shape index (κ1) is 12.5. The van der Waals surface area contributed by atoms with Gasteiger partial charge in [-0.25, -0.2) is 8.78 Å². The van der Waals surface area contributed by atoms with Crippen LogP contribution in [-0.2, 0) is 12.2 Å². The number of hydrogen-bond acceptors (Lipinski definition) is 1. The molecule has 0 saturated heterocycles. The summed E-state index contributed by atoms with van der Waals surface area (Å²) >= 11 is 1.51. The summed E-state index contributed by atoms with van der Waals surface area (Å²) in [6.45, 7) is 5.15. The van der Waals surface area contributed by atoms with Crippen molar-refractivity contribution in [3.05, 3.63) is 33.9 Å². The lowest BCUT2D eigenvalue weighted by molar-refractivity contribution is 0.563. The maximum atomic E-state index is 13.9. The molecule has 0 aliphatic rings. The third-order valence-electron chi connectivity index (χ3n) is 2.74. The van der Waals surface area contributed by atoms with E-state index in [1.807, 2.05) is 13.2 Å². The summed E-state index contributed by atoms with van der Waals surface area (Å²) in [6, 6.07) is 0. The molecule has 0 spiro atoms. The monoisotopic (exact) mass is 230 g/mol. The third-order valence-corrected chi connectivity index (χ3v) is 3.31. The van der Waals surface area contributed by atoms with Crippen LogP contribution < -0.4 is 0 Å². The Morgan fingerprint density at radius 3 is 1.93 bits per heavy atom. The molecule has 0 radical (unpaired) electrons. The van der Waals surface area contributed by atoms with Crippen LogP contribution in [0.3, 0.4) is 0 Å². The number of thioether (sulfide) groups is 1. The number of benzene rings is 1. The molecule has 0 heterocycles. The van der Waals surface area contributed by atoms with Gasteiger partial charge in [-0.3, -0.25) is 0 Å². The molecule has 0 nitrogen and oxygen atoms in total. The standard InChI is InChI=1S/C12H16F2S/c1-5-9-7(2)12(14)10(6-15-4)8(3)11(9)13/h5-6H2,1-4H3. The second-order valence-corrected chi connectivity index (χ2v) is 4.49. The average Bonchev–Trinajstić information content (AvgIpc) is 2.23. The lowest BCUT2D eigenvalue weighted by Crippen LogP contribution is -2.05. The Bertz CT molecular complexity index is 343. The van der Waals surface area contributed by atoms with Gasteiger partial charge in [-0.15, -0.1) is 0 Å². The Morgan fingerprint density at radius 1 is 1.00 bits per heavy atom. The van der Waals surface area contributed by atoms with E-state index >= 15 is 0 Å². The summed E-state index contributed by atoms with van der Waals surface area (Å²) in [4.78, 5) is 0. The molecule has 1 aromatic carbocycles. The molecule has 0 fully saturated rings. The lowest BCUT2D eigenvalue weighted by Gasteiger charge is -2.14. The van der Waals surface area contributed by atoms with Gasteiger partial charge < -0.3 is 0 Å².